The Hall–Kier alpha value is -1.36. The summed E-state index contributed by atoms with van der Waals surface area (Å²) in [6.07, 6.45) is 3.15. The van der Waals surface area contributed by atoms with Crippen LogP contribution in [0.15, 0.2) is 6.07 Å². The lowest BCUT2D eigenvalue weighted by atomic mass is 9.84. The van der Waals surface area contributed by atoms with Crippen LogP contribution in [0.2, 0.25) is 0 Å². The van der Waals surface area contributed by atoms with Crippen molar-refractivity contribution in [3.63, 3.8) is 0 Å². The van der Waals surface area contributed by atoms with Gasteiger partial charge >= 0.3 is 0 Å². The number of hydrogen-bond acceptors (Lipinski definition) is 3. The highest BCUT2D eigenvalue weighted by atomic mass is 16.1. The maximum absolute atomic E-state index is 11.8. The monoisotopic (exact) mass is 252 g/mol. The summed E-state index contributed by atoms with van der Waals surface area (Å²) in [5.74, 6) is 0.614. The molecule has 0 saturated heterocycles. The first-order chi connectivity index (χ1) is 8.46. The SMILES string of the molecule is CCc1cc(NC(=O)CCC(C)(C)CCN)n[nH]1. The van der Waals surface area contributed by atoms with E-state index in [1.165, 1.54) is 0 Å². The number of rotatable bonds is 7. The predicted octanol–water partition coefficient (Wildman–Crippen LogP) is 2.07. The molecule has 0 aliphatic carbocycles. The van der Waals surface area contributed by atoms with E-state index in [2.05, 4.69) is 29.4 Å². The van der Waals surface area contributed by atoms with E-state index in [1.807, 2.05) is 13.0 Å². The smallest absolute Gasteiger partial charge is 0.225 e. The Labute approximate surface area is 109 Å². The van der Waals surface area contributed by atoms with Crippen molar-refractivity contribution in [2.24, 2.45) is 11.1 Å². The molecule has 5 heteroatoms. The molecular weight excluding hydrogens is 228 g/mol. The van der Waals surface area contributed by atoms with Crippen LogP contribution in [0.5, 0.6) is 0 Å². The Morgan fingerprint density at radius 1 is 1.50 bits per heavy atom. The van der Waals surface area contributed by atoms with E-state index < -0.39 is 0 Å². The van der Waals surface area contributed by atoms with E-state index in [1.54, 1.807) is 0 Å². The number of carbonyl (C=O) groups is 1. The first-order valence-electron chi connectivity index (χ1n) is 6.51. The topological polar surface area (TPSA) is 83.8 Å². The molecule has 0 bridgehead atoms. The standard InChI is InChI=1S/C13H24N4O/c1-4-10-9-11(17-16-10)15-12(18)5-6-13(2,3)7-8-14/h9H,4-8,14H2,1-3H3,(H2,15,16,17,18). The molecule has 18 heavy (non-hydrogen) atoms. The van der Waals surface area contributed by atoms with Crippen LogP contribution in [-0.4, -0.2) is 22.6 Å². The fourth-order valence-corrected chi connectivity index (χ4v) is 1.78. The summed E-state index contributed by atoms with van der Waals surface area (Å²) in [6.45, 7) is 6.97. The molecule has 4 N–H and O–H groups in total. The van der Waals surface area contributed by atoms with Crippen molar-refractivity contribution in [1.29, 1.82) is 0 Å². The molecule has 5 nitrogen and oxygen atoms in total. The third kappa shape index (κ3) is 4.87. The highest BCUT2D eigenvalue weighted by Crippen LogP contribution is 2.25. The van der Waals surface area contributed by atoms with Crippen LogP contribution in [0.4, 0.5) is 5.82 Å². The number of amides is 1. The van der Waals surface area contributed by atoms with Crippen molar-refractivity contribution < 1.29 is 4.79 Å². The first kappa shape index (κ1) is 14.7. The highest BCUT2D eigenvalue weighted by Gasteiger charge is 2.18. The van der Waals surface area contributed by atoms with Gasteiger partial charge < -0.3 is 11.1 Å². The largest absolute Gasteiger partial charge is 0.330 e. The van der Waals surface area contributed by atoms with Crippen molar-refractivity contribution in [3.8, 4) is 0 Å². The molecule has 1 heterocycles. The second-order valence-electron chi connectivity index (χ2n) is 5.38. The van der Waals surface area contributed by atoms with Gasteiger partial charge in [-0.3, -0.25) is 9.89 Å². The number of aromatic amines is 1. The zero-order valence-corrected chi connectivity index (χ0v) is 11.5. The summed E-state index contributed by atoms with van der Waals surface area (Å²) in [4.78, 5) is 11.8. The number of nitrogens with two attached hydrogens (primary N) is 1. The normalized spacial score (nSPS) is 11.6. The van der Waals surface area contributed by atoms with Gasteiger partial charge in [-0.25, -0.2) is 0 Å². The third-order valence-electron chi connectivity index (χ3n) is 3.13. The number of hydrogen-bond donors (Lipinski definition) is 3. The number of carbonyl (C=O) groups excluding carboxylic acids is 1. The van der Waals surface area contributed by atoms with Crippen molar-refractivity contribution in [2.75, 3.05) is 11.9 Å². The molecule has 1 aromatic rings. The zero-order chi connectivity index (χ0) is 13.6. The van der Waals surface area contributed by atoms with Crippen LogP contribution in [0.25, 0.3) is 0 Å². The molecule has 0 fully saturated rings. The molecular formula is C13H24N4O. The number of nitrogens with zero attached hydrogens (tertiary/aromatic N) is 1. The minimum Gasteiger partial charge on any atom is -0.330 e. The summed E-state index contributed by atoms with van der Waals surface area (Å²) >= 11 is 0. The van der Waals surface area contributed by atoms with E-state index in [4.69, 9.17) is 5.73 Å². The first-order valence-corrected chi connectivity index (χ1v) is 6.51. The summed E-state index contributed by atoms with van der Waals surface area (Å²) < 4.78 is 0. The number of aromatic nitrogens is 2. The van der Waals surface area contributed by atoms with E-state index in [-0.39, 0.29) is 11.3 Å². The fraction of sp³-hybridized carbons (Fsp3) is 0.692. The maximum atomic E-state index is 11.8. The predicted molar refractivity (Wildman–Crippen MR) is 73.3 cm³/mol. The van der Waals surface area contributed by atoms with E-state index in [9.17, 15) is 4.79 Å². The van der Waals surface area contributed by atoms with Gasteiger partial charge in [0.2, 0.25) is 5.91 Å². The molecule has 0 spiro atoms. The van der Waals surface area contributed by atoms with Gasteiger partial charge in [0.15, 0.2) is 5.82 Å². The number of aryl methyl sites for hydroxylation is 1. The number of anilines is 1. The van der Waals surface area contributed by atoms with Crippen molar-refractivity contribution >= 4 is 11.7 Å². The molecule has 0 unspecified atom stereocenters. The zero-order valence-electron chi connectivity index (χ0n) is 11.5. The molecule has 0 atom stereocenters. The van der Waals surface area contributed by atoms with Crippen LogP contribution in [-0.2, 0) is 11.2 Å². The van der Waals surface area contributed by atoms with Gasteiger partial charge in [0.25, 0.3) is 0 Å². The van der Waals surface area contributed by atoms with Crippen LogP contribution in [0.1, 0.15) is 45.7 Å². The summed E-state index contributed by atoms with van der Waals surface area (Å²) in [5.41, 5.74) is 6.69. The lowest BCUT2D eigenvalue weighted by molar-refractivity contribution is -0.116. The molecule has 0 aliphatic heterocycles. The lowest BCUT2D eigenvalue weighted by Crippen LogP contribution is -2.20. The van der Waals surface area contributed by atoms with Crippen LogP contribution >= 0.6 is 0 Å². The highest BCUT2D eigenvalue weighted by molar-refractivity contribution is 5.89. The minimum atomic E-state index is 0.00856. The van der Waals surface area contributed by atoms with Crippen LogP contribution < -0.4 is 11.1 Å². The van der Waals surface area contributed by atoms with Gasteiger partial charge in [0, 0.05) is 18.2 Å². The van der Waals surface area contributed by atoms with Crippen molar-refractivity contribution in [1.82, 2.24) is 10.2 Å². The second-order valence-corrected chi connectivity index (χ2v) is 5.38. The Morgan fingerprint density at radius 3 is 2.78 bits per heavy atom. The second kappa shape index (κ2) is 6.54. The fourth-order valence-electron chi connectivity index (χ4n) is 1.78. The minimum absolute atomic E-state index is 0.00856. The van der Waals surface area contributed by atoms with Gasteiger partial charge in [0.05, 0.1) is 0 Å². The van der Waals surface area contributed by atoms with Gasteiger partial charge in [-0.2, -0.15) is 5.10 Å². The Morgan fingerprint density at radius 2 is 2.22 bits per heavy atom. The average Bonchev–Trinajstić information content (AvgIpc) is 2.74. The Balaban J connectivity index is 2.37. The average molecular weight is 252 g/mol. The molecule has 1 amide bonds. The maximum Gasteiger partial charge on any atom is 0.225 e. The van der Waals surface area contributed by atoms with E-state index in [0.717, 1.165) is 25.0 Å². The molecule has 0 radical (unpaired) electrons. The molecule has 102 valence electrons. The molecule has 0 aliphatic rings. The molecule has 1 rings (SSSR count). The number of nitrogens with one attached hydrogen (secondary N) is 2. The summed E-state index contributed by atoms with van der Waals surface area (Å²) in [5, 5.41) is 9.70. The Bertz CT molecular complexity index is 384. The molecule has 0 aromatic carbocycles. The van der Waals surface area contributed by atoms with E-state index in [0.29, 0.717) is 18.8 Å². The lowest BCUT2D eigenvalue weighted by Gasteiger charge is -2.23. The quantitative estimate of drug-likeness (QED) is 0.694. The van der Waals surface area contributed by atoms with Gasteiger partial charge in [-0.05, 0) is 31.2 Å². The van der Waals surface area contributed by atoms with Gasteiger partial charge in [-0.15, -0.1) is 0 Å². The summed E-state index contributed by atoms with van der Waals surface area (Å²) in [6, 6.07) is 1.86. The summed E-state index contributed by atoms with van der Waals surface area (Å²) in [7, 11) is 0. The molecule has 1 aromatic heterocycles. The van der Waals surface area contributed by atoms with Crippen molar-refractivity contribution in [3.05, 3.63) is 11.8 Å². The van der Waals surface area contributed by atoms with Crippen LogP contribution in [0, 0.1) is 5.41 Å². The Kier molecular flexibility index (Phi) is 5.34. The molecule has 0 saturated carbocycles. The number of H-pyrrole nitrogens is 1. The van der Waals surface area contributed by atoms with Gasteiger partial charge in [0.1, 0.15) is 0 Å². The van der Waals surface area contributed by atoms with E-state index >= 15 is 0 Å². The van der Waals surface area contributed by atoms with Crippen molar-refractivity contribution in [2.45, 2.75) is 46.5 Å². The van der Waals surface area contributed by atoms with Gasteiger partial charge in [-0.1, -0.05) is 20.8 Å². The third-order valence-corrected chi connectivity index (χ3v) is 3.13. The van der Waals surface area contributed by atoms with Crippen LogP contribution in [0.3, 0.4) is 0 Å².